The molecule has 0 spiro atoms. The van der Waals surface area contributed by atoms with E-state index in [2.05, 4.69) is 44.1 Å². The third kappa shape index (κ3) is 3.44. The van der Waals surface area contributed by atoms with Gasteiger partial charge in [-0.2, -0.15) is 10.2 Å². The van der Waals surface area contributed by atoms with Crippen LogP contribution in [0.3, 0.4) is 0 Å². The largest absolute Gasteiger partial charge is 0.494 e. The highest BCUT2D eigenvalue weighted by molar-refractivity contribution is 6.00. The summed E-state index contributed by atoms with van der Waals surface area (Å²) in [6.45, 7) is 8.75. The van der Waals surface area contributed by atoms with Gasteiger partial charge < -0.3 is 19.4 Å². The molecule has 3 aromatic heterocycles. The van der Waals surface area contributed by atoms with Crippen molar-refractivity contribution in [1.29, 1.82) is 0 Å². The van der Waals surface area contributed by atoms with Gasteiger partial charge in [0, 0.05) is 39.3 Å². The number of H-pyrrole nitrogens is 1. The lowest BCUT2D eigenvalue weighted by Crippen LogP contribution is -2.03. The minimum atomic E-state index is 0.601. The van der Waals surface area contributed by atoms with E-state index in [1.807, 2.05) is 50.2 Å². The number of ether oxygens (including phenoxy) is 2. The van der Waals surface area contributed by atoms with Crippen molar-refractivity contribution in [3.63, 3.8) is 0 Å². The molecule has 0 saturated carbocycles. The maximum absolute atomic E-state index is 5.73. The predicted molar refractivity (Wildman–Crippen MR) is 130 cm³/mol. The third-order valence-corrected chi connectivity index (χ3v) is 5.95. The summed E-state index contributed by atoms with van der Waals surface area (Å²) in [6.07, 6.45) is 1.81. The van der Waals surface area contributed by atoms with Crippen LogP contribution in [0.25, 0.3) is 27.4 Å². The van der Waals surface area contributed by atoms with Gasteiger partial charge in [-0.1, -0.05) is 0 Å². The van der Waals surface area contributed by atoms with Crippen LogP contribution in [0, 0.1) is 20.8 Å². The SMILES string of the molecule is CCOc1ccc(-n2c(C)c3c(C)nnc(Nc4ccc5cn[nH]c5c4)c3c2C)c(OC)c1. The van der Waals surface area contributed by atoms with Gasteiger partial charge in [-0.3, -0.25) is 5.10 Å². The van der Waals surface area contributed by atoms with Crippen molar-refractivity contribution in [2.45, 2.75) is 27.7 Å². The second kappa shape index (κ2) is 8.12. The number of aromatic amines is 1. The third-order valence-electron chi connectivity index (χ3n) is 5.95. The summed E-state index contributed by atoms with van der Waals surface area (Å²) in [6, 6.07) is 12.0. The van der Waals surface area contributed by atoms with Crippen LogP contribution in [-0.2, 0) is 0 Å². The van der Waals surface area contributed by atoms with Crippen molar-refractivity contribution in [2.75, 3.05) is 19.0 Å². The fraction of sp³-hybridized carbons (Fsp3) is 0.240. The predicted octanol–water partition coefficient (Wildman–Crippen LogP) is 5.37. The average Bonchev–Trinajstić information content (AvgIpc) is 3.38. The van der Waals surface area contributed by atoms with Gasteiger partial charge in [0.2, 0.25) is 0 Å². The molecule has 8 nitrogen and oxygen atoms in total. The molecule has 0 aliphatic heterocycles. The summed E-state index contributed by atoms with van der Waals surface area (Å²) in [5.41, 5.74) is 5.81. The van der Waals surface area contributed by atoms with Crippen LogP contribution >= 0.6 is 0 Å². The monoisotopic (exact) mass is 442 g/mol. The Morgan fingerprint density at radius 3 is 2.61 bits per heavy atom. The standard InChI is InChI=1S/C25H26N6O2/c1-6-33-19-9-10-21(22(12-19)32-5)31-15(3)23-14(2)28-30-25(24(23)16(31)4)27-18-8-7-17-13-26-29-20(17)11-18/h7-13H,6H2,1-5H3,(H,26,29)(H,27,30). The summed E-state index contributed by atoms with van der Waals surface area (Å²) in [7, 11) is 1.68. The maximum Gasteiger partial charge on any atom is 0.162 e. The van der Waals surface area contributed by atoms with Crippen LogP contribution < -0.4 is 14.8 Å². The zero-order chi connectivity index (χ0) is 23.1. The molecule has 0 aliphatic rings. The molecule has 33 heavy (non-hydrogen) atoms. The van der Waals surface area contributed by atoms with Crippen LogP contribution in [0.2, 0.25) is 0 Å². The Morgan fingerprint density at radius 2 is 1.82 bits per heavy atom. The van der Waals surface area contributed by atoms with E-state index in [1.54, 1.807) is 13.3 Å². The van der Waals surface area contributed by atoms with E-state index >= 15 is 0 Å². The Bertz CT molecular complexity index is 1480. The number of aryl methyl sites for hydroxylation is 3. The van der Waals surface area contributed by atoms with Crippen molar-refractivity contribution >= 4 is 33.2 Å². The lowest BCUT2D eigenvalue weighted by molar-refractivity contribution is 0.336. The molecule has 0 fully saturated rings. The smallest absolute Gasteiger partial charge is 0.162 e. The van der Waals surface area contributed by atoms with E-state index in [0.717, 1.165) is 61.6 Å². The average molecular weight is 443 g/mol. The fourth-order valence-electron chi connectivity index (χ4n) is 4.49. The number of hydrogen-bond donors (Lipinski definition) is 2. The summed E-state index contributed by atoms with van der Waals surface area (Å²) in [5, 5.41) is 22.7. The highest BCUT2D eigenvalue weighted by Crippen LogP contribution is 2.38. The van der Waals surface area contributed by atoms with Gasteiger partial charge in [-0.25, -0.2) is 0 Å². The molecule has 168 valence electrons. The minimum Gasteiger partial charge on any atom is -0.494 e. The highest BCUT2D eigenvalue weighted by atomic mass is 16.5. The number of anilines is 2. The number of methoxy groups -OCH3 is 1. The summed E-state index contributed by atoms with van der Waals surface area (Å²) in [4.78, 5) is 0. The van der Waals surface area contributed by atoms with Crippen molar-refractivity contribution in [2.24, 2.45) is 0 Å². The van der Waals surface area contributed by atoms with Crippen LogP contribution in [-0.4, -0.2) is 38.7 Å². The molecule has 2 aromatic carbocycles. The topological polar surface area (TPSA) is 89.9 Å². The van der Waals surface area contributed by atoms with E-state index in [-0.39, 0.29) is 0 Å². The zero-order valence-electron chi connectivity index (χ0n) is 19.4. The molecule has 0 aliphatic carbocycles. The van der Waals surface area contributed by atoms with E-state index < -0.39 is 0 Å². The van der Waals surface area contributed by atoms with E-state index in [4.69, 9.17) is 9.47 Å². The number of nitrogens with zero attached hydrogens (tertiary/aromatic N) is 4. The molecule has 2 N–H and O–H groups in total. The molecular weight excluding hydrogens is 416 g/mol. The Morgan fingerprint density at radius 1 is 1.00 bits per heavy atom. The second-order valence-electron chi connectivity index (χ2n) is 7.95. The summed E-state index contributed by atoms with van der Waals surface area (Å²) in [5.74, 6) is 2.23. The molecule has 3 heterocycles. The van der Waals surface area contributed by atoms with E-state index in [0.29, 0.717) is 12.4 Å². The van der Waals surface area contributed by atoms with Gasteiger partial charge in [0.15, 0.2) is 5.82 Å². The number of nitrogens with one attached hydrogen (secondary N) is 2. The number of rotatable bonds is 6. The Labute approximate surface area is 191 Å². The number of hydrogen-bond acceptors (Lipinski definition) is 6. The molecule has 0 atom stereocenters. The van der Waals surface area contributed by atoms with Gasteiger partial charge in [0.25, 0.3) is 0 Å². The van der Waals surface area contributed by atoms with E-state index in [1.165, 1.54) is 0 Å². The number of fused-ring (bicyclic) bond motifs is 2. The second-order valence-corrected chi connectivity index (χ2v) is 7.95. The molecule has 0 unspecified atom stereocenters. The van der Waals surface area contributed by atoms with Crippen LogP contribution in [0.4, 0.5) is 11.5 Å². The molecule has 0 bridgehead atoms. The molecule has 8 heteroatoms. The van der Waals surface area contributed by atoms with Gasteiger partial charge in [0.05, 0.1) is 36.8 Å². The van der Waals surface area contributed by atoms with E-state index in [9.17, 15) is 0 Å². The number of benzene rings is 2. The van der Waals surface area contributed by atoms with Gasteiger partial charge in [0.1, 0.15) is 11.5 Å². The van der Waals surface area contributed by atoms with Crippen molar-refractivity contribution < 1.29 is 9.47 Å². The lowest BCUT2D eigenvalue weighted by Gasteiger charge is -2.15. The molecule has 0 saturated heterocycles. The maximum atomic E-state index is 5.73. The van der Waals surface area contributed by atoms with Crippen LogP contribution in [0.5, 0.6) is 11.5 Å². The Balaban J connectivity index is 1.67. The Kier molecular flexibility index (Phi) is 5.12. The fourth-order valence-corrected chi connectivity index (χ4v) is 4.49. The quantitative estimate of drug-likeness (QED) is 0.367. The first-order valence-corrected chi connectivity index (χ1v) is 10.9. The Hall–Kier alpha value is -4.07. The van der Waals surface area contributed by atoms with Gasteiger partial charge >= 0.3 is 0 Å². The van der Waals surface area contributed by atoms with Crippen molar-refractivity contribution in [3.05, 3.63) is 59.7 Å². The summed E-state index contributed by atoms with van der Waals surface area (Å²) < 4.78 is 13.6. The first-order valence-electron chi connectivity index (χ1n) is 10.9. The molecular formula is C25H26N6O2. The van der Waals surface area contributed by atoms with Crippen LogP contribution in [0.15, 0.2) is 42.6 Å². The highest BCUT2D eigenvalue weighted by Gasteiger charge is 2.21. The van der Waals surface area contributed by atoms with Crippen molar-refractivity contribution in [3.8, 4) is 17.2 Å². The minimum absolute atomic E-state index is 0.601. The molecule has 5 aromatic rings. The lowest BCUT2D eigenvalue weighted by atomic mass is 10.1. The molecule has 0 radical (unpaired) electrons. The molecule has 0 amide bonds. The van der Waals surface area contributed by atoms with Gasteiger partial charge in [-0.05, 0) is 58.0 Å². The van der Waals surface area contributed by atoms with Crippen LogP contribution in [0.1, 0.15) is 24.0 Å². The number of aromatic nitrogens is 5. The first kappa shape index (κ1) is 20.8. The first-order chi connectivity index (χ1) is 16.0. The zero-order valence-corrected chi connectivity index (χ0v) is 19.4. The normalized spacial score (nSPS) is 11.3. The summed E-state index contributed by atoms with van der Waals surface area (Å²) >= 11 is 0. The molecule has 5 rings (SSSR count). The van der Waals surface area contributed by atoms with Crippen molar-refractivity contribution in [1.82, 2.24) is 25.0 Å². The van der Waals surface area contributed by atoms with Gasteiger partial charge in [-0.15, -0.1) is 5.10 Å².